The van der Waals surface area contributed by atoms with Crippen LogP contribution in [0.15, 0.2) is 23.0 Å². The monoisotopic (exact) mass is 370 g/mol. The number of imidazole rings is 1. The maximum atomic E-state index is 12.7. The van der Waals surface area contributed by atoms with E-state index >= 15 is 0 Å². The maximum absolute atomic E-state index is 12.7. The molecular formula is C20H26N4O3. The Bertz CT molecular complexity index is 946. The smallest absolute Gasteiger partial charge is 0.328 e. The van der Waals surface area contributed by atoms with Crippen molar-refractivity contribution in [3.8, 4) is 0 Å². The van der Waals surface area contributed by atoms with Crippen LogP contribution in [0.25, 0.3) is 11.0 Å². The van der Waals surface area contributed by atoms with E-state index in [0.717, 1.165) is 35.9 Å². The molecule has 2 aromatic rings. The fraction of sp³-hybridized carbons (Fsp3) is 0.550. The lowest BCUT2D eigenvalue weighted by molar-refractivity contribution is -0.143. The Morgan fingerprint density at radius 2 is 1.59 bits per heavy atom. The first-order valence-electron chi connectivity index (χ1n) is 9.66. The number of amides is 2. The second-order valence-corrected chi connectivity index (χ2v) is 7.73. The Balaban J connectivity index is 1.39. The van der Waals surface area contributed by atoms with Gasteiger partial charge in [0.25, 0.3) is 0 Å². The van der Waals surface area contributed by atoms with E-state index in [2.05, 4.69) is 0 Å². The fourth-order valence-corrected chi connectivity index (χ4v) is 4.04. The number of fused-ring (bicyclic) bond motifs is 1. The minimum absolute atomic E-state index is 0.0688. The normalized spacial score (nSPS) is 18.0. The van der Waals surface area contributed by atoms with Crippen LogP contribution < -0.4 is 5.69 Å². The van der Waals surface area contributed by atoms with E-state index in [9.17, 15) is 14.4 Å². The molecule has 1 saturated carbocycles. The molecule has 0 radical (unpaired) electrons. The summed E-state index contributed by atoms with van der Waals surface area (Å²) >= 11 is 0. The molecular weight excluding hydrogens is 344 g/mol. The van der Waals surface area contributed by atoms with Crippen molar-refractivity contribution in [2.24, 2.45) is 20.0 Å². The first-order valence-corrected chi connectivity index (χ1v) is 9.66. The van der Waals surface area contributed by atoms with Crippen molar-refractivity contribution >= 4 is 22.8 Å². The van der Waals surface area contributed by atoms with Crippen molar-refractivity contribution in [3.63, 3.8) is 0 Å². The fourth-order valence-electron chi connectivity index (χ4n) is 4.04. The average molecular weight is 370 g/mol. The summed E-state index contributed by atoms with van der Waals surface area (Å²) in [6, 6.07) is 5.73. The quantitative estimate of drug-likeness (QED) is 0.806. The molecule has 27 heavy (non-hydrogen) atoms. The summed E-state index contributed by atoms with van der Waals surface area (Å²) in [6.45, 7) is 2.47. The van der Waals surface area contributed by atoms with Crippen molar-refractivity contribution < 1.29 is 9.59 Å². The van der Waals surface area contributed by atoms with Crippen LogP contribution in [0.3, 0.4) is 0 Å². The van der Waals surface area contributed by atoms with Gasteiger partial charge in [-0.15, -0.1) is 0 Å². The molecule has 2 heterocycles. The zero-order valence-corrected chi connectivity index (χ0v) is 16.0. The van der Waals surface area contributed by atoms with E-state index in [1.54, 1.807) is 23.2 Å². The summed E-state index contributed by atoms with van der Waals surface area (Å²) in [5.74, 6) is 0.561. The van der Waals surface area contributed by atoms with Gasteiger partial charge in [0.15, 0.2) is 0 Å². The van der Waals surface area contributed by atoms with Gasteiger partial charge >= 0.3 is 5.69 Å². The molecule has 7 nitrogen and oxygen atoms in total. The molecule has 4 rings (SSSR count). The summed E-state index contributed by atoms with van der Waals surface area (Å²) in [6.07, 6.45) is 3.51. The van der Waals surface area contributed by atoms with E-state index < -0.39 is 0 Å². The van der Waals surface area contributed by atoms with Crippen LogP contribution in [-0.2, 0) is 30.1 Å². The van der Waals surface area contributed by atoms with Crippen LogP contribution in [0.5, 0.6) is 0 Å². The van der Waals surface area contributed by atoms with Gasteiger partial charge in [-0.2, -0.15) is 0 Å². The van der Waals surface area contributed by atoms with Gasteiger partial charge in [0.05, 0.1) is 17.5 Å². The summed E-state index contributed by atoms with van der Waals surface area (Å²) in [5, 5.41) is 0. The predicted molar refractivity (Wildman–Crippen MR) is 102 cm³/mol. The third kappa shape index (κ3) is 3.15. The zero-order valence-electron chi connectivity index (χ0n) is 16.0. The van der Waals surface area contributed by atoms with E-state index in [4.69, 9.17) is 0 Å². The average Bonchev–Trinajstić information content (AvgIpc) is 2.84. The number of benzene rings is 1. The predicted octanol–water partition coefficient (Wildman–Crippen LogP) is 0.890. The summed E-state index contributed by atoms with van der Waals surface area (Å²) in [4.78, 5) is 40.8. The van der Waals surface area contributed by atoms with Gasteiger partial charge in [-0.05, 0) is 30.5 Å². The van der Waals surface area contributed by atoms with Crippen LogP contribution in [0, 0.1) is 5.92 Å². The largest absolute Gasteiger partial charge is 0.339 e. The number of nitrogens with zero attached hydrogens (tertiary/aromatic N) is 4. The van der Waals surface area contributed by atoms with Crippen molar-refractivity contribution in [2.45, 2.75) is 25.7 Å². The standard InChI is InChI=1S/C20H26N4O3/c1-21-16-7-6-14(12-17(16)22(2)20(21)27)13-18(25)23-8-10-24(11-9-23)19(26)15-4-3-5-15/h6-7,12,15H,3-5,8-11,13H2,1-2H3. The first-order chi connectivity index (χ1) is 13.0. The third-order valence-corrected chi connectivity index (χ3v) is 6.09. The highest BCUT2D eigenvalue weighted by atomic mass is 16.2. The number of rotatable bonds is 3. The Morgan fingerprint density at radius 1 is 0.963 bits per heavy atom. The molecule has 1 saturated heterocycles. The number of aromatic nitrogens is 2. The summed E-state index contributed by atoms with van der Waals surface area (Å²) in [7, 11) is 3.49. The Hall–Kier alpha value is -2.57. The van der Waals surface area contributed by atoms with Crippen LogP contribution >= 0.6 is 0 Å². The van der Waals surface area contributed by atoms with Gasteiger partial charge in [-0.1, -0.05) is 12.5 Å². The molecule has 1 aromatic heterocycles. The van der Waals surface area contributed by atoms with Gasteiger partial charge in [0.1, 0.15) is 0 Å². The number of piperazine rings is 1. The molecule has 1 aliphatic carbocycles. The lowest BCUT2D eigenvalue weighted by Crippen LogP contribution is -2.52. The summed E-state index contributed by atoms with van der Waals surface area (Å²) < 4.78 is 3.22. The lowest BCUT2D eigenvalue weighted by Gasteiger charge is -2.38. The molecule has 1 aliphatic heterocycles. The van der Waals surface area contributed by atoms with Crippen molar-refractivity contribution in [2.75, 3.05) is 26.2 Å². The minimum atomic E-state index is -0.0688. The summed E-state index contributed by atoms with van der Waals surface area (Å²) in [5.41, 5.74) is 2.54. The van der Waals surface area contributed by atoms with E-state index in [1.165, 1.54) is 0 Å². The van der Waals surface area contributed by atoms with Gasteiger partial charge in [0, 0.05) is 46.2 Å². The lowest BCUT2D eigenvalue weighted by atomic mass is 9.84. The molecule has 7 heteroatoms. The molecule has 0 spiro atoms. The van der Waals surface area contributed by atoms with Gasteiger partial charge in [-0.25, -0.2) is 4.79 Å². The number of aryl methyl sites for hydroxylation is 2. The Kier molecular flexibility index (Phi) is 4.53. The van der Waals surface area contributed by atoms with Gasteiger partial charge < -0.3 is 9.80 Å². The number of hydrogen-bond acceptors (Lipinski definition) is 3. The number of hydrogen-bond donors (Lipinski definition) is 0. The third-order valence-electron chi connectivity index (χ3n) is 6.09. The van der Waals surface area contributed by atoms with Gasteiger partial charge in [-0.3, -0.25) is 18.7 Å². The molecule has 2 amide bonds. The van der Waals surface area contributed by atoms with Crippen LogP contribution in [0.4, 0.5) is 0 Å². The molecule has 0 atom stereocenters. The van der Waals surface area contributed by atoms with Crippen molar-refractivity contribution in [1.82, 2.24) is 18.9 Å². The molecule has 0 N–H and O–H groups in total. The van der Waals surface area contributed by atoms with E-state index in [-0.39, 0.29) is 23.4 Å². The van der Waals surface area contributed by atoms with Crippen LogP contribution in [-0.4, -0.2) is 56.9 Å². The molecule has 2 fully saturated rings. The van der Waals surface area contributed by atoms with E-state index in [1.807, 2.05) is 28.0 Å². The second-order valence-electron chi connectivity index (χ2n) is 7.73. The Labute approximate surface area is 158 Å². The zero-order chi connectivity index (χ0) is 19.1. The number of carbonyl (C=O) groups is 2. The number of carbonyl (C=O) groups excluding carboxylic acids is 2. The molecule has 0 unspecified atom stereocenters. The van der Waals surface area contributed by atoms with Crippen molar-refractivity contribution in [1.29, 1.82) is 0 Å². The Morgan fingerprint density at radius 3 is 2.22 bits per heavy atom. The molecule has 0 bridgehead atoms. The van der Waals surface area contributed by atoms with Crippen LogP contribution in [0.2, 0.25) is 0 Å². The van der Waals surface area contributed by atoms with E-state index in [0.29, 0.717) is 32.6 Å². The molecule has 144 valence electrons. The topological polar surface area (TPSA) is 67.6 Å². The highest BCUT2D eigenvalue weighted by Crippen LogP contribution is 2.28. The highest BCUT2D eigenvalue weighted by Gasteiger charge is 2.32. The second kappa shape index (κ2) is 6.87. The molecule has 2 aliphatic rings. The first kappa shape index (κ1) is 17.8. The highest BCUT2D eigenvalue weighted by molar-refractivity contribution is 5.83. The van der Waals surface area contributed by atoms with Crippen molar-refractivity contribution in [3.05, 3.63) is 34.2 Å². The van der Waals surface area contributed by atoms with Crippen LogP contribution in [0.1, 0.15) is 24.8 Å². The minimum Gasteiger partial charge on any atom is -0.339 e. The molecule has 1 aromatic carbocycles. The van der Waals surface area contributed by atoms with Gasteiger partial charge in [0.2, 0.25) is 11.8 Å². The maximum Gasteiger partial charge on any atom is 0.328 e. The SMILES string of the molecule is Cn1c(=O)n(C)c2cc(CC(=O)N3CCN(C(=O)C4CCC4)CC3)ccc21.